The molecular formula is C10H16O5. The second-order valence-corrected chi connectivity index (χ2v) is 3.59. The Bertz CT molecular complexity index is 255. The summed E-state index contributed by atoms with van der Waals surface area (Å²) in [4.78, 5) is 33.1. The molecule has 0 amide bonds. The lowest BCUT2D eigenvalue weighted by molar-refractivity contribution is -0.161. The summed E-state index contributed by atoms with van der Waals surface area (Å²) in [6.45, 7) is 6.57. The minimum absolute atomic E-state index is 0.300. The van der Waals surface area contributed by atoms with E-state index in [0.29, 0.717) is 0 Å². The maximum Gasteiger partial charge on any atom is 0.375 e. The van der Waals surface area contributed by atoms with Gasteiger partial charge < -0.3 is 9.47 Å². The van der Waals surface area contributed by atoms with Crippen molar-refractivity contribution in [1.82, 2.24) is 0 Å². The van der Waals surface area contributed by atoms with Gasteiger partial charge in [0, 0.05) is 0 Å². The Kier molecular flexibility index (Phi) is 5.59. The van der Waals surface area contributed by atoms with Crippen molar-refractivity contribution < 1.29 is 23.9 Å². The Hall–Kier alpha value is -1.39. The number of hydrogen-bond donors (Lipinski definition) is 0. The number of Topliss-reactive ketones (excluding diaryl/α,β-unsaturated/α-hetero) is 1. The number of carbonyl (C=O) groups is 3. The molecule has 15 heavy (non-hydrogen) atoms. The van der Waals surface area contributed by atoms with E-state index in [1.807, 2.05) is 0 Å². The first-order chi connectivity index (χ1) is 6.82. The molecule has 0 aromatic heterocycles. The van der Waals surface area contributed by atoms with Crippen LogP contribution in [0.25, 0.3) is 0 Å². The van der Waals surface area contributed by atoms with E-state index in [4.69, 9.17) is 4.74 Å². The van der Waals surface area contributed by atoms with Gasteiger partial charge >= 0.3 is 11.9 Å². The maximum atomic E-state index is 11.1. The SMILES string of the molecule is CC(C)OC(=O)CC(=O)C(=O)OC(C)C. The zero-order chi connectivity index (χ0) is 12.0. The van der Waals surface area contributed by atoms with Crippen LogP contribution in [-0.4, -0.2) is 29.9 Å². The van der Waals surface area contributed by atoms with E-state index in [0.717, 1.165) is 0 Å². The van der Waals surface area contributed by atoms with Gasteiger partial charge in [0.05, 0.1) is 12.2 Å². The molecule has 0 saturated carbocycles. The van der Waals surface area contributed by atoms with Gasteiger partial charge in [0.25, 0.3) is 5.78 Å². The molecule has 0 saturated heterocycles. The number of carbonyl (C=O) groups excluding carboxylic acids is 3. The average Bonchev–Trinajstić information content (AvgIpc) is 2.00. The van der Waals surface area contributed by atoms with Crippen molar-refractivity contribution in [3.05, 3.63) is 0 Å². The van der Waals surface area contributed by atoms with E-state index < -0.39 is 24.1 Å². The normalized spacial score (nSPS) is 10.3. The molecule has 0 bridgehead atoms. The number of esters is 2. The number of ether oxygens (including phenoxy) is 2. The van der Waals surface area contributed by atoms with Gasteiger partial charge in [-0.15, -0.1) is 0 Å². The van der Waals surface area contributed by atoms with Crippen LogP contribution in [-0.2, 0) is 23.9 Å². The van der Waals surface area contributed by atoms with Crippen molar-refractivity contribution in [3.8, 4) is 0 Å². The van der Waals surface area contributed by atoms with Gasteiger partial charge in [-0.25, -0.2) is 4.79 Å². The second-order valence-electron chi connectivity index (χ2n) is 3.59. The Morgan fingerprint density at radius 3 is 1.80 bits per heavy atom. The zero-order valence-corrected chi connectivity index (χ0v) is 9.40. The van der Waals surface area contributed by atoms with Crippen LogP contribution in [0.15, 0.2) is 0 Å². The molecule has 0 spiro atoms. The molecule has 0 radical (unpaired) electrons. The molecule has 0 atom stereocenters. The van der Waals surface area contributed by atoms with Crippen LogP contribution >= 0.6 is 0 Å². The van der Waals surface area contributed by atoms with Crippen LogP contribution in [0.1, 0.15) is 34.1 Å². The van der Waals surface area contributed by atoms with E-state index in [1.54, 1.807) is 27.7 Å². The molecule has 0 rings (SSSR count). The predicted molar refractivity (Wildman–Crippen MR) is 52.1 cm³/mol. The molecule has 0 aliphatic rings. The molecule has 5 nitrogen and oxygen atoms in total. The summed E-state index contributed by atoms with van der Waals surface area (Å²) >= 11 is 0. The summed E-state index contributed by atoms with van der Waals surface area (Å²) in [6.07, 6.45) is -1.24. The monoisotopic (exact) mass is 216 g/mol. The van der Waals surface area contributed by atoms with Gasteiger partial charge in [0.15, 0.2) is 0 Å². The van der Waals surface area contributed by atoms with E-state index in [1.165, 1.54) is 0 Å². The summed E-state index contributed by atoms with van der Waals surface area (Å²) in [5, 5.41) is 0. The highest BCUT2D eigenvalue weighted by molar-refractivity contribution is 6.36. The van der Waals surface area contributed by atoms with Crippen LogP contribution in [0.3, 0.4) is 0 Å². The van der Waals surface area contributed by atoms with Crippen LogP contribution in [0, 0.1) is 0 Å². The molecule has 0 N–H and O–H groups in total. The summed E-state index contributed by atoms with van der Waals surface area (Å²) in [7, 11) is 0. The molecule has 0 aliphatic heterocycles. The van der Waals surface area contributed by atoms with Crippen LogP contribution in [0.2, 0.25) is 0 Å². The molecule has 5 heteroatoms. The lowest BCUT2D eigenvalue weighted by Crippen LogP contribution is -2.25. The number of rotatable bonds is 5. The third-order valence-electron chi connectivity index (χ3n) is 1.24. The van der Waals surface area contributed by atoms with E-state index in [2.05, 4.69) is 4.74 Å². The smallest absolute Gasteiger partial charge is 0.375 e. The largest absolute Gasteiger partial charge is 0.463 e. The molecule has 0 aliphatic carbocycles. The molecule has 0 fully saturated rings. The average molecular weight is 216 g/mol. The highest BCUT2D eigenvalue weighted by Crippen LogP contribution is 1.97. The second kappa shape index (κ2) is 6.16. The Labute approximate surface area is 88.7 Å². The maximum absolute atomic E-state index is 11.1. The summed E-state index contributed by atoms with van der Waals surface area (Å²) < 4.78 is 9.33. The summed E-state index contributed by atoms with van der Waals surface area (Å²) in [5.41, 5.74) is 0. The summed E-state index contributed by atoms with van der Waals surface area (Å²) in [6, 6.07) is 0. The highest BCUT2D eigenvalue weighted by Gasteiger charge is 2.21. The molecule has 86 valence electrons. The van der Waals surface area contributed by atoms with Gasteiger partial charge in [-0.3, -0.25) is 9.59 Å². The highest BCUT2D eigenvalue weighted by atomic mass is 16.6. The molecular weight excluding hydrogens is 200 g/mol. The third-order valence-corrected chi connectivity index (χ3v) is 1.24. The van der Waals surface area contributed by atoms with Crippen molar-refractivity contribution >= 4 is 17.7 Å². The van der Waals surface area contributed by atoms with Crippen LogP contribution in [0.5, 0.6) is 0 Å². The lowest BCUT2D eigenvalue weighted by Gasteiger charge is -2.08. The van der Waals surface area contributed by atoms with Gasteiger partial charge in [-0.1, -0.05) is 0 Å². The first-order valence-corrected chi connectivity index (χ1v) is 4.76. The Balaban J connectivity index is 4.02. The van der Waals surface area contributed by atoms with Crippen LogP contribution < -0.4 is 0 Å². The fraction of sp³-hybridized carbons (Fsp3) is 0.700. The van der Waals surface area contributed by atoms with Gasteiger partial charge in [-0.2, -0.15) is 0 Å². The molecule has 0 aromatic rings. The van der Waals surface area contributed by atoms with Gasteiger partial charge in [0.2, 0.25) is 0 Å². The van der Waals surface area contributed by atoms with Gasteiger partial charge in [0.1, 0.15) is 6.42 Å². The van der Waals surface area contributed by atoms with Crippen LogP contribution in [0.4, 0.5) is 0 Å². The molecule has 0 heterocycles. The fourth-order valence-corrected chi connectivity index (χ4v) is 0.788. The Morgan fingerprint density at radius 2 is 1.40 bits per heavy atom. The molecule has 0 unspecified atom stereocenters. The van der Waals surface area contributed by atoms with Crippen molar-refractivity contribution in [1.29, 1.82) is 0 Å². The standard InChI is InChI=1S/C10H16O5/c1-6(2)14-9(12)5-8(11)10(13)15-7(3)4/h6-7H,5H2,1-4H3. The quantitative estimate of drug-likeness (QED) is 0.387. The third kappa shape index (κ3) is 6.65. The molecule has 0 aromatic carbocycles. The first kappa shape index (κ1) is 13.6. The van der Waals surface area contributed by atoms with Crippen molar-refractivity contribution in [2.24, 2.45) is 0 Å². The fourth-order valence-electron chi connectivity index (χ4n) is 0.788. The van der Waals surface area contributed by atoms with Gasteiger partial charge in [-0.05, 0) is 27.7 Å². The van der Waals surface area contributed by atoms with Crippen molar-refractivity contribution in [2.45, 2.75) is 46.3 Å². The van der Waals surface area contributed by atoms with Crippen molar-refractivity contribution in [3.63, 3.8) is 0 Å². The zero-order valence-electron chi connectivity index (χ0n) is 9.40. The van der Waals surface area contributed by atoms with E-state index >= 15 is 0 Å². The van der Waals surface area contributed by atoms with E-state index in [-0.39, 0.29) is 12.2 Å². The summed E-state index contributed by atoms with van der Waals surface area (Å²) in [5.74, 6) is -2.59. The first-order valence-electron chi connectivity index (χ1n) is 4.76. The predicted octanol–water partition coefficient (Wildman–Crippen LogP) is 0.849. The Morgan fingerprint density at radius 1 is 0.933 bits per heavy atom. The van der Waals surface area contributed by atoms with Crippen molar-refractivity contribution in [2.75, 3.05) is 0 Å². The number of ketones is 1. The lowest BCUT2D eigenvalue weighted by atomic mass is 10.3. The number of hydrogen-bond acceptors (Lipinski definition) is 5. The topological polar surface area (TPSA) is 69.7 Å². The minimum atomic E-state index is -0.995. The van der Waals surface area contributed by atoms with E-state index in [9.17, 15) is 14.4 Å². The minimum Gasteiger partial charge on any atom is -0.463 e.